The number of rotatable bonds is 3. The van der Waals surface area contributed by atoms with Crippen molar-refractivity contribution in [3.63, 3.8) is 0 Å². The van der Waals surface area contributed by atoms with Gasteiger partial charge in [0.1, 0.15) is 11.5 Å². The van der Waals surface area contributed by atoms with Gasteiger partial charge >= 0.3 is 0 Å². The Bertz CT molecular complexity index is 530. The number of carbonyl (C=O) groups excluding carboxylic acids is 2. The molecule has 5 heteroatoms. The topological polar surface area (TPSA) is 57.6 Å². The molecule has 1 amide bonds. The van der Waals surface area contributed by atoms with Gasteiger partial charge < -0.3 is 10.0 Å². The summed E-state index contributed by atoms with van der Waals surface area (Å²) in [5, 5.41) is 9.83. The maximum absolute atomic E-state index is 12.6. The monoisotopic (exact) mass is 295 g/mol. The molecule has 1 saturated heterocycles. The van der Waals surface area contributed by atoms with Gasteiger partial charge in [-0.3, -0.25) is 9.59 Å². The minimum Gasteiger partial charge on any atom is -0.508 e. The Labute approximate surface area is 123 Å². The van der Waals surface area contributed by atoms with E-state index in [2.05, 4.69) is 0 Å². The SMILES string of the molecule is CC(=O)CC1CCCCN1C(=O)c1cc(O)ccc1Cl. The summed E-state index contributed by atoms with van der Waals surface area (Å²) in [7, 11) is 0. The third-order valence-corrected chi connectivity index (χ3v) is 3.92. The van der Waals surface area contributed by atoms with Crippen molar-refractivity contribution in [1.82, 2.24) is 4.90 Å². The molecule has 1 aromatic carbocycles. The summed E-state index contributed by atoms with van der Waals surface area (Å²) in [5.74, 6) is -0.119. The molecular weight excluding hydrogens is 278 g/mol. The van der Waals surface area contributed by atoms with Crippen LogP contribution in [0, 0.1) is 0 Å². The van der Waals surface area contributed by atoms with E-state index in [0.29, 0.717) is 23.6 Å². The Kier molecular flexibility index (Phi) is 4.65. The fraction of sp³-hybridized carbons (Fsp3) is 0.467. The number of hydrogen-bond donors (Lipinski definition) is 1. The molecule has 0 spiro atoms. The second-order valence-corrected chi connectivity index (χ2v) is 5.63. The molecule has 1 atom stereocenters. The van der Waals surface area contributed by atoms with Crippen LogP contribution in [-0.4, -0.2) is 34.3 Å². The van der Waals surface area contributed by atoms with E-state index in [1.54, 1.807) is 11.8 Å². The van der Waals surface area contributed by atoms with Crippen molar-refractivity contribution < 1.29 is 14.7 Å². The Morgan fingerprint density at radius 1 is 1.40 bits per heavy atom. The molecule has 1 unspecified atom stereocenters. The number of carbonyl (C=O) groups is 2. The van der Waals surface area contributed by atoms with Gasteiger partial charge in [-0.15, -0.1) is 0 Å². The van der Waals surface area contributed by atoms with E-state index >= 15 is 0 Å². The van der Waals surface area contributed by atoms with E-state index in [0.717, 1.165) is 19.3 Å². The van der Waals surface area contributed by atoms with Crippen LogP contribution >= 0.6 is 11.6 Å². The van der Waals surface area contributed by atoms with Crippen LogP contribution in [0.4, 0.5) is 0 Å². The van der Waals surface area contributed by atoms with Crippen LogP contribution < -0.4 is 0 Å². The summed E-state index contributed by atoms with van der Waals surface area (Å²) in [6, 6.07) is 4.27. The lowest BCUT2D eigenvalue weighted by atomic mass is 9.96. The van der Waals surface area contributed by atoms with Gasteiger partial charge in [-0.1, -0.05) is 11.6 Å². The second kappa shape index (κ2) is 6.27. The first-order valence-corrected chi connectivity index (χ1v) is 7.15. The highest BCUT2D eigenvalue weighted by Crippen LogP contribution is 2.27. The van der Waals surface area contributed by atoms with Crippen LogP contribution in [0.3, 0.4) is 0 Å². The summed E-state index contributed by atoms with van der Waals surface area (Å²) in [6.07, 6.45) is 3.16. The van der Waals surface area contributed by atoms with E-state index in [4.69, 9.17) is 11.6 Å². The smallest absolute Gasteiger partial charge is 0.255 e. The average Bonchev–Trinajstić information content (AvgIpc) is 2.41. The molecule has 1 aromatic rings. The number of halogens is 1. The van der Waals surface area contributed by atoms with Crippen molar-refractivity contribution in [2.45, 2.75) is 38.6 Å². The summed E-state index contributed by atoms with van der Waals surface area (Å²) in [5.41, 5.74) is 0.294. The molecule has 1 N–H and O–H groups in total. The third-order valence-electron chi connectivity index (χ3n) is 3.59. The highest BCUT2D eigenvalue weighted by Gasteiger charge is 2.29. The number of amides is 1. The number of ketones is 1. The molecular formula is C15H18ClNO3. The van der Waals surface area contributed by atoms with Gasteiger partial charge in [-0.2, -0.15) is 0 Å². The largest absolute Gasteiger partial charge is 0.508 e. The summed E-state index contributed by atoms with van der Waals surface area (Å²) >= 11 is 6.04. The number of likely N-dealkylation sites (tertiary alicyclic amines) is 1. The second-order valence-electron chi connectivity index (χ2n) is 5.22. The molecule has 0 aliphatic carbocycles. The molecule has 1 heterocycles. The number of piperidine rings is 1. The number of benzene rings is 1. The minimum atomic E-state index is -0.211. The molecule has 108 valence electrons. The zero-order valence-electron chi connectivity index (χ0n) is 11.4. The number of phenolic OH excluding ortho intramolecular Hbond substituents is 1. The van der Waals surface area contributed by atoms with Gasteiger partial charge in [0, 0.05) is 19.0 Å². The number of nitrogens with zero attached hydrogens (tertiary/aromatic N) is 1. The molecule has 2 rings (SSSR count). The van der Waals surface area contributed by atoms with Crippen LogP contribution in [-0.2, 0) is 4.79 Å². The normalized spacial score (nSPS) is 18.9. The first-order chi connectivity index (χ1) is 9.49. The standard InChI is InChI=1S/C15H18ClNO3/c1-10(18)8-11-4-2-3-7-17(11)15(20)13-9-12(19)5-6-14(13)16/h5-6,9,11,19H,2-4,7-8H2,1H3. The van der Waals surface area contributed by atoms with Crippen molar-refractivity contribution in [1.29, 1.82) is 0 Å². The Balaban J connectivity index is 2.25. The number of Topliss-reactive ketones (excluding diaryl/α,β-unsaturated/α-hetero) is 1. The van der Waals surface area contributed by atoms with Crippen LogP contribution in [0.2, 0.25) is 5.02 Å². The van der Waals surface area contributed by atoms with Crippen LogP contribution in [0.15, 0.2) is 18.2 Å². The van der Waals surface area contributed by atoms with Gasteiger partial charge in [0.2, 0.25) is 0 Å². The van der Waals surface area contributed by atoms with E-state index in [1.807, 2.05) is 0 Å². The van der Waals surface area contributed by atoms with E-state index in [-0.39, 0.29) is 23.5 Å². The van der Waals surface area contributed by atoms with Gasteiger partial charge in [0.15, 0.2) is 0 Å². The molecule has 1 aliphatic heterocycles. The van der Waals surface area contributed by atoms with Crippen molar-refractivity contribution >= 4 is 23.3 Å². The Morgan fingerprint density at radius 3 is 2.85 bits per heavy atom. The zero-order valence-corrected chi connectivity index (χ0v) is 12.2. The summed E-state index contributed by atoms with van der Waals surface area (Å²) in [4.78, 5) is 25.6. The quantitative estimate of drug-likeness (QED) is 0.932. The fourth-order valence-corrected chi connectivity index (χ4v) is 2.84. The van der Waals surface area contributed by atoms with Crippen LogP contribution in [0.1, 0.15) is 43.0 Å². The zero-order chi connectivity index (χ0) is 14.7. The van der Waals surface area contributed by atoms with Gasteiger partial charge in [0.05, 0.1) is 10.6 Å². The van der Waals surface area contributed by atoms with Crippen molar-refractivity contribution in [2.75, 3.05) is 6.54 Å². The van der Waals surface area contributed by atoms with E-state index < -0.39 is 0 Å². The number of phenols is 1. The Hall–Kier alpha value is -1.55. The first kappa shape index (κ1) is 14.9. The Morgan fingerprint density at radius 2 is 2.15 bits per heavy atom. The fourth-order valence-electron chi connectivity index (χ4n) is 2.64. The molecule has 20 heavy (non-hydrogen) atoms. The lowest BCUT2D eigenvalue weighted by molar-refractivity contribution is -0.118. The van der Waals surface area contributed by atoms with Gasteiger partial charge in [-0.05, 0) is 44.4 Å². The summed E-state index contributed by atoms with van der Waals surface area (Å²) in [6.45, 7) is 2.17. The molecule has 4 nitrogen and oxygen atoms in total. The lowest BCUT2D eigenvalue weighted by Gasteiger charge is -2.35. The predicted octanol–water partition coefficient (Wildman–Crippen LogP) is 3.02. The molecule has 0 bridgehead atoms. The molecule has 0 saturated carbocycles. The highest BCUT2D eigenvalue weighted by molar-refractivity contribution is 6.33. The lowest BCUT2D eigenvalue weighted by Crippen LogP contribution is -2.44. The molecule has 0 aromatic heterocycles. The molecule has 1 aliphatic rings. The van der Waals surface area contributed by atoms with E-state index in [9.17, 15) is 14.7 Å². The summed E-state index contributed by atoms with van der Waals surface area (Å²) < 4.78 is 0. The van der Waals surface area contributed by atoms with Crippen molar-refractivity contribution in [3.05, 3.63) is 28.8 Å². The first-order valence-electron chi connectivity index (χ1n) is 6.78. The maximum atomic E-state index is 12.6. The van der Waals surface area contributed by atoms with E-state index in [1.165, 1.54) is 18.2 Å². The molecule has 1 fully saturated rings. The highest BCUT2D eigenvalue weighted by atomic mass is 35.5. The average molecular weight is 296 g/mol. The maximum Gasteiger partial charge on any atom is 0.255 e. The predicted molar refractivity (Wildman–Crippen MR) is 77.1 cm³/mol. The van der Waals surface area contributed by atoms with Crippen LogP contribution in [0.25, 0.3) is 0 Å². The molecule has 0 radical (unpaired) electrons. The van der Waals surface area contributed by atoms with Gasteiger partial charge in [0.25, 0.3) is 5.91 Å². The van der Waals surface area contributed by atoms with Crippen molar-refractivity contribution in [3.8, 4) is 5.75 Å². The van der Waals surface area contributed by atoms with Crippen LogP contribution in [0.5, 0.6) is 5.75 Å². The third kappa shape index (κ3) is 3.31. The van der Waals surface area contributed by atoms with Crippen molar-refractivity contribution in [2.24, 2.45) is 0 Å². The minimum absolute atomic E-state index is 0.0119. The number of aromatic hydroxyl groups is 1. The number of hydrogen-bond acceptors (Lipinski definition) is 3. The van der Waals surface area contributed by atoms with Gasteiger partial charge in [-0.25, -0.2) is 0 Å².